The summed E-state index contributed by atoms with van der Waals surface area (Å²) in [5, 5.41) is 9.44. The van der Waals surface area contributed by atoms with Crippen LogP contribution in [0.3, 0.4) is 0 Å². The monoisotopic (exact) mass is 205 g/mol. The third-order valence-electron chi connectivity index (χ3n) is 3.76. The number of rotatable bonds is 3. The molecule has 0 aliphatic heterocycles. The largest absolute Gasteiger partial charge is 0.396 e. The lowest BCUT2D eigenvalue weighted by molar-refractivity contribution is 0.0184. The third-order valence-corrected chi connectivity index (χ3v) is 3.76. The normalized spacial score (nSPS) is 20.7. The van der Waals surface area contributed by atoms with Gasteiger partial charge in [-0.2, -0.15) is 0 Å². The molecular formula is C13H19NO. The van der Waals surface area contributed by atoms with Crippen molar-refractivity contribution in [3.8, 4) is 0 Å². The summed E-state index contributed by atoms with van der Waals surface area (Å²) in [6.45, 7) is 2.28. The van der Waals surface area contributed by atoms with Crippen molar-refractivity contribution in [3.05, 3.63) is 35.4 Å². The number of hydrogen-bond acceptors (Lipinski definition) is 2. The number of aliphatic hydroxyl groups excluding tert-OH is 1. The lowest BCUT2D eigenvalue weighted by atomic mass is 9.63. The Morgan fingerprint density at radius 1 is 1.33 bits per heavy atom. The zero-order chi connectivity index (χ0) is 10.9. The fraction of sp³-hybridized carbons (Fsp3) is 0.538. The Kier molecular flexibility index (Phi) is 2.81. The summed E-state index contributed by atoms with van der Waals surface area (Å²) in [5.74, 6) is 0. The van der Waals surface area contributed by atoms with Gasteiger partial charge in [-0.05, 0) is 25.3 Å². The smallest absolute Gasteiger partial charge is 0.0505 e. The minimum absolute atomic E-state index is 0.0168. The molecular weight excluding hydrogens is 186 g/mol. The molecule has 1 aliphatic rings. The molecule has 82 valence electrons. The topological polar surface area (TPSA) is 46.2 Å². The van der Waals surface area contributed by atoms with E-state index in [1.807, 2.05) is 0 Å². The molecule has 2 heteroatoms. The molecule has 1 unspecified atom stereocenters. The van der Waals surface area contributed by atoms with Crippen molar-refractivity contribution >= 4 is 0 Å². The Bertz CT molecular complexity index is 321. The van der Waals surface area contributed by atoms with Gasteiger partial charge < -0.3 is 10.8 Å². The number of benzene rings is 1. The van der Waals surface area contributed by atoms with Gasteiger partial charge in [0.25, 0.3) is 0 Å². The summed E-state index contributed by atoms with van der Waals surface area (Å²) in [6.07, 6.45) is 3.30. The maximum absolute atomic E-state index is 9.44. The van der Waals surface area contributed by atoms with Gasteiger partial charge >= 0.3 is 0 Å². The van der Waals surface area contributed by atoms with Crippen LogP contribution in [0.5, 0.6) is 0 Å². The highest BCUT2D eigenvalue weighted by Gasteiger charge is 2.42. The quantitative estimate of drug-likeness (QED) is 0.794. The lowest BCUT2D eigenvalue weighted by Crippen LogP contribution is -2.43. The SMILES string of the molecule is Cc1ccc(C(N)C2(CO)CCC2)cc1. The van der Waals surface area contributed by atoms with Gasteiger partial charge in [-0.25, -0.2) is 0 Å². The molecule has 1 aliphatic carbocycles. The van der Waals surface area contributed by atoms with Gasteiger partial charge in [0, 0.05) is 11.5 Å². The van der Waals surface area contributed by atoms with Crippen LogP contribution in [0.15, 0.2) is 24.3 Å². The molecule has 2 rings (SSSR count). The zero-order valence-corrected chi connectivity index (χ0v) is 9.24. The molecule has 0 heterocycles. The molecule has 3 N–H and O–H groups in total. The van der Waals surface area contributed by atoms with E-state index in [0.717, 1.165) is 18.4 Å². The zero-order valence-electron chi connectivity index (χ0n) is 9.24. The van der Waals surface area contributed by atoms with Crippen LogP contribution in [0.4, 0.5) is 0 Å². The molecule has 0 bridgehead atoms. The predicted molar refractivity (Wildman–Crippen MR) is 61.5 cm³/mol. The summed E-state index contributed by atoms with van der Waals surface area (Å²) in [7, 11) is 0. The van der Waals surface area contributed by atoms with E-state index >= 15 is 0 Å². The average Bonchev–Trinajstić information content (AvgIpc) is 2.18. The number of aliphatic hydroxyl groups is 1. The molecule has 1 aromatic rings. The molecule has 0 amide bonds. The Hall–Kier alpha value is -0.860. The summed E-state index contributed by atoms with van der Waals surface area (Å²) < 4.78 is 0. The van der Waals surface area contributed by atoms with Crippen molar-refractivity contribution in [1.29, 1.82) is 0 Å². The van der Waals surface area contributed by atoms with E-state index in [2.05, 4.69) is 31.2 Å². The fourth-order valence-electron chi connectivity index (χ4n) is 2.33. The van der Waals surface area contributed by atoms with E-state index < -0.39 is 0 Å². The highest BCUT2D eigenvalue weighted by atomic mass is 16.3. The summed E-state index contributed by atoms with van der Waals surface area (Å²) >= 11 is 0. The Morgan fingerprint density at radius 3 is 2.33 bits per heavy atom. The van der Waals surface area contributed by atoms with Gasteiger partial charge in [-0.15, -0.1) is 0 Å². The molecule has 2 nitrogen and oxygen atoms in total. The van der Waals surface area contributed by atoms with E-state index in [4.69, 9.17) is 5.73 Å². The van der Waals surface area contributed by atoms with Crippen molar-refractivity contribution < 1.29 is 5.11 Å². The molecule has 15 heavy (non-hydrogen) atoms. The number of hydrogen-bond donors (Lipinski definition) is 2. The highest BCUT2D eigenvalue weighted by Crippen LogP contribution is 2.48. The first-order chi connectivity index (χ1) is 7.18. The van der Waals surface area contributed by atoms with Gasteiger partial charge in [0.2, 0.25) is 0 Å². The second-order valence-corrected chi connectivity index (χ2v) is 4.76. The predicted octanol–water partition coefficient (Wildman–Crippen LogP) is 2.16. The Labute approximate surface area is 91.1 Å². The standard InChI is InChI=1S/C13H19NO/c1-10-3-5-11(6-4-10)12(14)13(9-15)7-2-8-13/h3-6,12,15H,2,7-9,14H2,1H3. The average molecular weight is 205 g/mol. The molecule has 0 saturated heterocycles. The molecule has 1 saturated carbocycles. The molecule has 0 spiro atoms. The van der Waals surface area contributed by atoms with Crippen molar-refractivity contribution in [2.24, 2.45) is 11.1 Å². The van der Waals surface area contributed by atoms with Gasteiger partial charge in [0.1, 0.15) is 0 Å². The first-order valence-electron chi connectivity index (χ1n) is 5.61. The van der Waals surface area contributed by atoms with Crippen LogP contribution in [0.2, 0.25) is 0 Å². The van der Waals surface area contributed by atoms with Crippen LogP contribution in [-0.4, -0.2) is 11.7 Å². The Balaban J connectivity index is 2.19. The van der Waals surface area contributed by atoms with Crippen molar-refractivity contribution in [3.63, 3.8) is 0 Å². The van der Waals surface area contributed by atoms with Crippen LogP contribution < -0.4 is 5.73 Å². The first kappa shape index (κ1) is 10.7. The minimum Gasteiger partial charge on any atom is -0.396 e. The van der Waals surface area contributed by atoms with Gasteiger partial charge in [-0.3, -0.25) is 0 Å². The molecule has 1 atom stereocenters. The maximum Gasteiger partial charge on any atom is 0.0505 e. The van der Waals surface area contributed by atoms with Crippen LogP contribution >= 0.6 is 0 Å². The number of nitrogens with two attached hydrogens (primary N) is 1. The minimum atomic E-state index is -0.0464. The summed E-state index contributed by atoms with van der Waals surface area (Å²) in [4.78, 5) is 0. The maximum atomic E-state index is 9.44. The van der Waals surface area contributed by atoms with Crippen molar-refractivity contribution in [1.82, 2.24) is 0 Å². The fourth-order valence-corrected chi connectivity index (χ4v) is 2.33. The van der Waals surface area contributed by atoms with Gasteiger partial charge in [-0.1, -0.05) is 36.2 Å². The van der Waals surface area contributed by atoms with Crippen LogP contribution in [-0.2, 0) is 0 Å². The Morgan fingerprint density at radius 2 is 1.93 bits per heavy atom. The third kappa shape index (κ3) is 1.80. The second kappa shape index (κ2) is 3.95. The summed E-state index contributed by atoms with van der Waals surface area (Å²) in [5.41, 5.74) is 8.58. The summed E-state index contributed by atoms with van der Waals surface area (Å²) in [6, 6.07) is 8.31. The highest BCUT2D eigenvalue weighted by molar-refractivity contribution is 5.26. The molecule has 0 radical (unpaired) electrons. The number of aryl methyl sites for hydroxylation is 1. The van der Waals surface area contributed by atoms with Gasteiger partial charge in [0.05, 0.1) is 6.61 Å². The van der Waals surface area contributed by atoms with Gasteiger partial charge in [0.15, 0.2) is 0 Å². The van der Waals surface area contributed by atoms with Crippen LogP contribution in [0.25, 0.3) is 0 Å². The van der Waals surface area contributed by atoms with E-state index in [1.165, 1.54) is 12.0 Å². The second-order valence-electron chi connectivity index (χ2n) is 4.76. The molecule has 0 aromatic heterocycles. The van der Waals surface area contributed by atoms with Crippen LogP contribution in [0, 0.1) is 12.3 Å². The lowest BCUT2D eigenvalue weighted by Gasteiger charge is -2.45. The first-order valence-corrected chi connectivity index (χ1v) is 5.61. The van der Waals surface area contributed by atoms with E-state index in [0.29, 0.717) is 0 Å². The van der Waals surface area contributed by atoms with E-state index in [9.17, 15) is 5.11 Å². The van der Waals surface area contributed by atoms with E-state index in [-0.39, 0.29) is 18.1 Å². The molecule has 1 fully saturated rings. The van der Waals surface area contributed by atoms with E-state index in [1.54, 1.807) is 0 Å². The van der Waals surface area contributed by atoms with Crippen LogP contribution in [0.1, 0.15) is 36.4 Å². The van der Waals surface area contributed by atoms with Crippen molar-refractivity contribution in [2.75, 3.05) is 6.61 Å². The van der Waals surface area contributed by atoms with Crippen molar-refractivity contribution in [2.45, 2.75) is 32.2 Å². The molecule has 1 aromatic carbocycles.